The number of hydrogen-bond donors (Lipinski definition) is 4. The molecule has 4 N–H and O–H groups in total. The number of para-hydroxylation sites is 4. The number of rotatable bonds is 2. The predicted octanol–water partition coefficient (Wildman–Crippen LogP) is 8.06. The van der Waals surface area contributed by atoms with Crippen LogP contribution in [0.25, 0.3) is 33.4 Å². The Hall–Kier alpha value is -4.61. The minimum Gasteiger partial charge on any atom is -0.423 e. The highest BCUT2D eigenvalue weighted by Gasteiger charge is 2.19. The average Bonchev–Trinajstić information content (AvgIpc) is 3.14. The van der Waals surface area contributed by atoms with Crippen LogP contribution < -0.4 is 10.9 Å². The fraction of sp³-hybridized carbons (Fsp3) is 0.0500. The Bertz CT molecular complexity index is 2120. The second kappa shape index (κ2) is 21.3. The van der Waals surface area contributed by atoms with Crippen LogP contribution in [-0.2, 0) is 0 Å². The van der Waals surface area contributed by atoms with E-state index in [4.69, 9.17) is 66.5 Å². The van der Waals surface area contributed by atoms with Crippen LogP contribution in [0.15, 0.2) is 146 Å². The molecule has 0 unspecified atom stereocenters. The second-order valence-electron chi connectivity index (χ2n) is 11.4. The summed E-state index contributed by atoms with van der Waals surface area (Å²) in [7, 11) is -3.23. The number of halogens is 4. The van der Waals surface area contributed by atoms with Crippen molar-refractivity contribution >= 4 is 105 Å². The minimum absolute atomic E-state index is 0.149. The van der Waals surface area contributed by atoms with Gasteiger partial charge in [-0.3, -0.25) is 0 Å². The van der Waals surface area contributed by atoms with Gasteiger partial charge in [0.05, 0.1) is 22.1 Å². The second-order valence-corrected chi connectivity index (χ2v) is 13.0. The molecule has 54 heavy (non-hydrogen) atoms. The molecule has 0 radical (unpaired) electrons. The Morgan fingerprint density at radius 1 is 0.352 bits per heavy atom. The number of aryl methyl sites for hydroxylation is 2. The summed E-state index contributed by atoms with van der Waals surface area (Å²) in [5, 5.41) is 36.1. The third-order valence-electron chi connectivity index (χ3n) is 7.27. The lowest BCUT2D eigenvalue weighted by atomic mass is 9.80. The molecule has 0 aliphatic heterocycles. The summed E-state index contributed by atoms with van der Waals surface area (Å²) in [5.74, 6) is 0. The summed E-state index contributed by atoms with van der Waals surface area (Å²) in [6, 6.07) is 45.5. The molecule has 0 bridgehead atoms. The van der Waals surface area contributed by atoms with E-state index >= 15 is 0 Å². The lowest BCUT2D eigenvalue weighted by Gasteiger charge is -2.03. The van der Waals surface area contributed by atoms with Gasteiger partial charge in [0, 0.05) is 31.0 Å². The van der Waals surface area contributed by atoms with Gasteiger partial charge in [-0.05, 0) is 62.4 Å². The molecule has 272 valence electrons. The van der Waals surface area contributed by atoms with Crippen LogP contribution in [0.4, 0.5) is 0 Å². The molecule has 2 heterocycles. The van der Waals surface area contributed by atoms with Crippen LogP contribution in [0, 0.1) is 13.8 Å². The van der Waals surface area contributed by atoms with Gasteiger partial charge in [-0.1, -0.05) is 155 Å². The van der Waals surface area contributed by atoms with Crippen molar-refractivity contribution in [3.8, 4) is 0 Å². The van der Waals surface area contributed by atoms with Gasteiger partial charge in [-0.2, -0.15) is 0 Å². The van der Waals surface area contributed by atoms with E-state index in [1.54, 1.807) is 36.4 Å². The van der Waals surface area contributed by atoms with Crippen LogP contribution >= 0.6 is 46.4 Å². The van der Waals surface area contributed by atoms with Crippen LogP contribution in [0.1, 0.15) is 11.1 Å². The summed E-state index contributed by atoms with van der Waals surface area (Å²) in [4.78, 5) is 18.0. The van der Waals surface area contributed by atoms with Gasteiger partial charge >= 0.3 is 14.2 Å². The number of benzene rings is 6. The van der Waals surface area contributed by atoms with Crippen molar-refractivity contribution in [2.45, 2.75) is 13.8 Å². The third kappa shape index (κ3) is 12.8. The molecule has 0 saturated carbocycles. The van der Waals surface area contributed by atoms with Crippen molar-refractivity contribution in [2.24, 2.45) is 0 Å². The van der Waals surface area contributed by atoms with E-state index in [2.05, 4.69) is 58.0 Å². The van der Waals surface area contributed by atoms with Gasteiger partial charge in [-0.25, -0.2) is 19.9 Å². The molecule has 0 amide bonds. The van der Waals surface area contributed by atoms with Crippen LogP contribution in [0.3, 0.4) is 0 Å². The maximum Gasteiger partial charge on any atom is 0.491 e. The molecule has 0 fully saturated rings. The number of aromatic nitrogens is 4. The molecule has 0 aliphatic rings. The van der Waals surface area contributed by atoms with Gasteiger partial charge in [-0.15, -0.1) is 0 Å². The van der Waals surface area contributed by atoms with E-state index in [9.17, 15) is 0 Å². The van der Waals surface area contributed by atoms with E-state index in [0.717, 1.165) is 22.1 Å². The van der Waals surface area contributed by atoms with Crippen molar-refractivity contribution in [2.75, 3.05) is 0 Å². The van der Waals surface area contributed by atoms with Gasteiger partial charge in [0.2, 0.25) is 0 Å². The molecule has 6 aromatic carbocycles. The zero-order valence-electron chi connectivity index (χ0n) is 29.1. The quantitative estimate of drug-likeness (QED) is 0.102. The average molecular weight is 798 g/mol. The van der Waals surface area contributed by atoms with E-state index < -0.39 is 14.2 Å². The predicted molar refractivity (Wildman–Crippen MR) is 225 cm³/mol. The summed E-state index contributed by atoms with van der Waals surface area (Å²) >= 11 is 22.5. The largest absolute Gasteiger partial charge is 0.491 e. The van der Waals surface area contributed by atoms with Crippen LogP contribution in [0.5, 0.6) is 0 Å². The van der Waals surface area contributed by atoms with Crippen molar-refractivity contribution in [1.29, 1.82) is 0 Å². The van der Waals surface area contributed by atoms with Gasteiger partial charge in [0.1, 0.15) is 0 Å². The van der Waals surface area contributed by atoms with Crippen molar-refractivity contribution in [1.82, 2.24) is 19.9 Å². The molecule has 14 heteroatoms. The monoisotopic (exact) mass is 796 g/mol. The molecular weight excluding hydrogens is 764 g/mol. The first-order valence-electron chi connectivity index (χ1n) is 16.4. The highest BCUT2D eigenvalue weighted by Crippen LogP contribution is 2.17. The summed E-state index contributed by atoms with van der Waals surface area (Å²) in [6.07, 6.45) is 0. The fourth-order valence-corrected chi connectivity index (χ4v) is 5.78. The highest BCUT2D eigenvalue weighted by molar-refractivity contribution is 6.67. The fourth-order valence-electron chi connectivity index (χ4n) is 4.60. The molecular formula is C40H34B2Cl4N4O4. The zero-order chi connectivity index (χ0) is 39.0. The molecule has 0 atom stereocenters. The maximum absolute atomic E-state index is 8.77. The number of fused-ring (bicyclic) bond motifs is 3. The summed E-state index contributed by atoms with van der Waals surface area (Å²) < 4.78 is 0. The molecule has 0 aliphatic carbocycles. The van der Waals surface area contributed by atoms with Gasteiger partial charge < -0.3 is 20.1 Å². The normalized spacial score (nSPS) is 10.0. The van der Waals surface area contributed by atoms with Gasteiger partial charge in [0.25, 0.3) is 0 Å². The van der Waals surface area contributed by atoms with Crippen molar-refractivity contribution in [3.63, 3.8) is 0 Å². The SMILES string of the molecule is Cc1ccccc1.Cc1ccccc1.OB(O)c1c(Cl)cccc1Cl.OB(O)c1c(Cl)cccc1Cl.c1ccc2nc3nc4ccccc4nc3nc2c1. The molecule has 8 rings (SSSR count). The lowest BCUT2D eigenvalue weighted by Crippen LogP contribution is -2.31. The molecule has 8 aromatic rings. The molecule has 8 nitrogen and oxygen atoms in total. The summed E-state index contributed by atoms with van der Waals surface area (Å²) in [6.45, 7) is 4.17. The van der Waals surface area contributed by atoms with E-state index in [-0.39, 0.29) is 31.0 Å². The Morgan fingerprint density at radius 3 is 0.778 bits per heavy atom. The Balaban J connectivity index is 0.000000159. The molecule has 0 spiro atoms. The Morgan fingerprint density at radius 2 is 0.593 bits per heavy atom. The third-order valence-corrected chi connectivity index (χ3v) is 8.58. The van der Waals surface area contributed by atoms with Crippen molar-refractivity contribution < 1.29 is 20.1 Å². The first kappa shape index (κ1) is 42.1. The Labute approximate surface area is 334 Å². The van der Waals surface area contributed by atoms with Crippen LogP contribution in [-0.4, -0.2) is 54.3 Å². The molecule has 0 saturated heterocycles. The number of nitrogens with zero attached hydrogens (tertiary/aromatic N) is 4. The summed E-state index contributed by atoms with van der Waals surface area (Å²) in [5.41, 5.74) is 7.49. The number of hydrogen-bond acceptors (Lipinski definition) is 8. The maximum atomic E-state index is 8.77. The first-order chi connectivity index (χ1) is 25.9. The van der Waals surface area contributed by atoms with Crippen LogP contribution in [0.2, 0.25) is 20.1 Å². The molecule has 2 aromatic heterocycles. The van der Waals surface area contributed by atoms with E-state index in [1.165, 1.54) is 11.1 Å². The van der Waals surface area contributed by atoms with Crippen molar-refractivity contribution in [3.05, 3.63) is 177 Å². The van der Waals surface area contributed by atoms with E-state index in [0.29, 0.717) is 11.3 Å². The standard InChI is InChI=1S/C14H8N4.2C7H8.2C6H5BCl2O2/c1-2-6-10-9(5-1)15-13-14(16-10)18-12-8-4-3-7-11(12)17-13;2*1-7-5-3-2-4-6-7;2*8-4-2-1-3-5(9)6(4)7(10)11/h1-8H;2*2-6H,1H3;2*1-3,10-11H. The Kier molecular flexibility index (Phi) is 16.6. The zero-order valence-corrected chi connectivity index (χ0v) is 32.1. The highest BCUT2D eigenvalue weighted by atomic mass is 35.5. The van der Waals surface area contributed by atoms with E-state index in [1.807, 2.05) is 84.9 Å². The van der Waals surface area contributed by atoms with Gasteiger partial charge in [0.15, 0.2) is 11.3 Å². The topological polar surface area (TPSA) is 132 Å². The lowest BCUT2D eigenvalue weighted by molar-refractivity contribution is 0.424. The minimum atomic E-state index is -1.61. The first-order valence-corrected chi connectivity index (χ1v) is 17.9. The smallest absolute Gasteiger partial charge is 0.423 e.